The molecule has 2 heterocycles. The lowest BCUT2D eigenvalue weighted by atomic mass is 10.1. The van der Waals surface area contributed by atoms with Gasteiger partial charge in [-0.25, -0.2) is 0 Å². The second-order valence-electron chi connectivity index (χ2n) is 8.72. The fourth-order valence-electron chi connectivity index (χ4n) is 4.20. The lowest BCUT2D eigenvalue weighted by molar-refractivity contribution is 0.0893. The van der Waals surface area contributed by atoms with Crippen LogP contribution in [0.3, 0.4) is 0 Å². The van der Waals surface area contributed by atoms with Gasteiger partial charge < -0.3 is 25.0 Å². The summed E-state index contributed by atoms with van der Waals surface area (Å²) in [7, 11) is 0. The first kappa shape index (κ1) is 28.1. The van der Waals surface area contributed by atoms with E-state index in [1.807, 2.05) is 0 Å². The molecule has 0 amide bonds. The van der Waals surface area contributed by atoms with Crippen molar-refractivity contribution in [2.24, 2.45) is 10.9 Å². The number of unbranched alkanes of at least 4 members (excludes halogenated alkanes) is 1. The number of benzene rings is 1. The first-order valence-corrected chi connectivity index (χ1v) is 12.5. The molecule has 188 valence electrons. The lowest BCUT2D eigenvalue weighted by Gasteiger charge is -2.36. The van der Waals surface area contributed by atoms with Crippen LogP contribution in [-0.4, -0.2) is 89.6 Å². The average Bonchev–Trinajstić information content (AvgIpc) is 3.35. The molecule has 1 aromatic rings. The summed E-state index contributed by atoms with van der Waals surface area (Å²) < 4.78 is 11.1. The van der Waals surface area contributed by atoms with E-state index < -0.39 is 0 Å². The highest BCUT2D eigenvalue weighted by molar-refractivity contribution is 14.0. The van der Waals surface area contributed by atoms with Gasteiger partial charge in [-0.2, -0.15) is 0 Å². The Morgan fingerprint density at radius 3 is 2.64 bits per heavy atom. The van der Waals surface area contributed by atoms with Gasteiger partial charge >= 0.3 is 0 Å². The number of hydrogen-bond acceptors (Lipinski definition) is 5. The molecule has 0 bridgehead atoms. The summed E-state index contributed by atoms with van der Waals surface area (Å²) >= 11 is 0. The summed E-state index contributed by atoms with van der Waals surface area (Å²) in [6.45, 7) is 13.8. The highest BCUT2D eigenvalue weighted by atomic mass is 127. The molecule has 2 aliphatic heterocycles. The molecule has 33 heavy (non-hydrogen) atoms. The molecule has 0 aromatic heterocycles. The van der Waals surface area contributed by atoms with Crippen molar-refractivity contribution >= 4 is 35.6 Å². The van der Waals surface area contributed by atoms with Gasteiger partial charge in [0.05, 0.1) is 13.2 Å². The van der Waals surface area contributed by atoms with E-state index in [0.717, 1.165) is 97.5 Å². The fraction of sp³-hybridized carbons (Fsp3) is 0.720. The van der Waals surface area contributed by atoms with Gasteiger partial charge in [0.15, 0.2) is 5.96 Å². The molecular weight excluding hydrogens is 529 g/mol. The summed E-state index contributed by atoms with van der Waals surface area (Å²) in [5.41, 5.74) is 1.35. The minimum atomic E-state index is 0. The van der Waals surface area contributed by atoms with Crippen LogP contribution >= 0.6 is 24.0 Å². The standard InChI is InChI=1S/C25H43N5O2.HI/c1-2-26-25(28-13-8-19-31-21-23-11-20-32-22-23)27-12-6-7-14-29-15-17-30(18-16-29)24-9-4-3-5-10-24;/h3-5,9-10,23H,2,6-8,11-22H2,1H3,(H2,26,27,28);1H. The molecule has 2 N–H and O–H groups in total. The molecule has 1 aromatic carbocycles. The maximum absolute atomic E-state index is 5.76. The Balaban J connectivity index is 0.00000385. The van der Waals surface area contributed by atoms with E-state index in [-0.39, 0.29) is 24.0 Å². The Bertz CT molecular complexity index is 635. The van der Waals surface area contributed by atoms with Crippen molar-refractivity contribution < 1.29 is 9.47 Å². The normalized spacial score (nSPS) is 19.4. The van der Waals surface area contributed by atoms with Crippen LogP contribution in [-0.2, 0) is 9.47 Å². The number of hydrogen-bond donors (Lipinski definition) is 2. The van der Waals surface area contributed by atoms with Crippen molar-refractivity contribution in [3.8, 4) is 0 Å². The van der Waals surface area contributed by atoms with E-state index in [2.05, 4.69) is 62.7 Å². The maximum Gasteiger partial charge on any atom is 0.191 e. The van der Waals surface area contributed by atoms with Crippen molar-refractivity contribution in [3.63, 3.8) is 0 Å². The van der Waals surface area contributed by atoms with E-state index in [1.54, 1.807) is 0 Å². The Hall–Kier alpha value is -1.10. The summed E-state index contributed by atoms with van der Waals surface area (Å²) in [6.07, 6.45) is 4.47. The molecule has 0 spiro atoms. The summed E-state index contributed by atoms with van der Waals surface area (Å²) in [4.78, 5) is 9.77. The molecule has 0 aliphatic carbocycles. The summed E-state index contributed by atoms with van der Waals surface area (Å²) in [5, 5.41) is 6.82. The second kappa shape index (κ2) is 17.4. The van der Waals surface area contributed by atoms with E-state index in [4.69, 9.17) is 9.47 Å². The number of nitrogens with zero attached hydrogens (tertiary/aromatic N) is 3. The minimum Gasteiger partial charge on any atom is -0.381 e. The first-order chi connectivity index (χ1) is 15.8. The number of aliphatic imine (C=N–C) groups is 1. The predicted octanol–water partition coefficient (Wildman–Crippen LogP) is 3.21. The van der Waals surface area contributed by atoms with E-state index >= 15 is 0 Å². The van der Waals surface area contributed by atoms with Crippen molar-refractivity contribution in [2.75, 3.05) is 83.7 Å². The van der Waals surface area contributed by atoms with Crippen LogP contribution in [0.25, 0.3) is 0 Å². The van der Waals surface area contributed by atoms with Gasteiger partial charge in [0.2, 0.25) is 0 Å². The highest BCUT2D eigenvalue weighted by Crippen LogP contribution is 2.15. The fourth-order valence-corrected chi connectivity index (χ4v) is 4.20. The van der Waals surface area contributed by atoms with Crippen molar-refractivity contribution in [1.29, 1.82) is 0 Å². The van der Waals surface area contributed by atoms with Gasteiger partial charge in [0.25, 0.3) is 0 Å². The molecule has 3 rings (SSSR count). The number of nitrogens with one attached hydrogen (secondary N) is 2. The number of guanidine groups is 1. The van der Waals surface area contributed by atoms with Gasteiger partial charge in [-0.15, -0.1) is 24.0 Å². The molecule has 1 atom stereocenters. The lowest BCUT2D eigenvalue weighted by Crippen LogP contribution is -2.46. The molecule has 2 aliphatic rings. The van der Waals surface area contributed by atoms with Crippen LogP contribution in [0.5, 0.6) is 0 Å². The molecule has 0 radical (unpaired) electrons. The SMILES string of the molecule is CCNC(=NCCCOCC1CCOC1)NCCCCN1CCN(c2ccccc2)CC1.I. The molecule has 8 heteroatoms. The molecule has 2 saturated heterocycles. The zero-order valence-electron chi connectivity index (χ0n) is 20.3. The summed E-state index contributed by atoms with van der Waals surface area (Å²) in [6, 6.07) is 10.8. The molecule has 1 unspecified atom stereocenters. The summed E-state index contributed by atoms with van der Waals surface area (Å²) in [5.74, 6) is 1.51. The third-order valence-electron chi connectivity index (χ3n) is 6.13. The van der Waals surface area contributed by atoms with E-state index in [1.165, 1.54) is 18.7 Å². The number of para-hydroxylation sites is 1. The number of rotatable bonds is 13. The highest BCUT2D eigenvalue weighted by Gasteiger charge is 2.16. The van der Waals surface area contributed by atoms with Crippen molar-refractivity contribution in [2.45, 2.75) is 32.6 Å². The van der Waals surface area contributed by atoms with Gasteiger partial charge in [0, 0.05) is 70.6 Å². The Morgan fingerprint density at radius 1 is 1.09 bits per heavy atom. The first-order valence-electron chi connectivity index (χ1n) is 12.5. The quantitative estimate of drug-likeness (QED) is 0.164. The van der Waals surface area contributed by atoms with Gasteiger partial charge in [0.1, 0.15) is 0 Å². The molecule has 7 nitrogen and oxygen atoms in total. The van der Waals surface area contributed by atoms with Crippen LogP contribution in [0, 0.1) is 5.92 Å². The van der Waals surface area contributed by atoms with Gasteiger partial charge in [-0.3, -0.25) is 9.89 Å². The Labute approximate surface area is 217 Å². The maximum atomic E-state index is 5.76. The molecule has 2 fully saturated rings. The minimum absolute atomic E-state index is 0. The monoisotopic (exact) mass is 573 g/mol. The van der Waals surface area contributed by atoms with Crippen molar-refractivity contribution in [3.05, 3.63) is 30.3 Å². The van der Waals surface area contributed by atoms with Gasteiger partial charge in [-0.1, -0.05) is 18.2 Å². The van der Waals surface area contributed by atoms with Crippen LogP contribution in [0.15, 0.2) is 35.3 Å². The van der Waals surface area contributed by atoms with Crippen molar-refractivity contribution in [1.82, 2.24) is 15.5 Å². The predicted molar refractivity (Wildman–Crippen MR) is 148 cm³/mol. The number of anilines is 1. The zero-order valence-corrected chi connectivity index (χ0v) is 22.7. The topological polar surface area (TPSA) is 61.4 Å². The Morgan fingerprint density at radius 2 is 1.91 bits per heavy atom. The Kier molecular flexibility index (Phi) is 14.8. The smallest absolute Gasteiger partial charge is 0.191 e. The number of piperazine rings is 1. The second-order valence-corrected chi connectivity index (χ2v) is 8.72. The van der Waals surface area contributed by atoms with Crippen LogP contribution in [0.2, 0.25) is 0 Å². The average molecular weight is 574 g/mol. The largest absolute Gasteiger partial charge is 0.381 e. The molecular formula is C25H44IN5O2. The third-order valence-corrected chi connectivity index (χ3v) is 6.13. The van der Waals surface area contributed by atoms with Crippen LogP contribution in [0.4, 0.5) is 5.69 Å². The van der Waals surface area contributed by atoms with E-state index in [9.17, 15) is 0 Å². The number of ether oxygens (including phenoxy) is 2. The molecule has 0 saturated carbocycles. The van der Waals surface area contributed by atoms with Crippen LogP contribution < -0.4 is 15.5 Å². The third kappa shape index (κ3) is 11.2. The van der Waals surface area contributed by atoms with Gasteiger partial charge in [-0.05, 0) is 51.3 Å². The van der Waals surface area contributed by atoms with E-state index in [0.29, 0.717) is 5.92 Å². The number of halogens is 1. The van der Waals surface area contributed by atoms with Crippen LogP contribution in [0.1, 0.15) is 32.6 Å². The zero-order chi connectivity index (χ0) is 22.3.